The number of hydrogen-bond acceptors (Lipinski definition) is 2. The molecule has 1 aromatic carbocycles. The Kier molecular flexibility index (Phi) is 4.90. The molecule has 0 N–H and O–H groups in total. The standard InChI is InChI=1S/C14H18O2/c1-3-5-11-7-14(10-16)12(6-4-2)8-13(11)9-15/h7-10H,3-6H2,1-2H3. The Bertz CT molecular complexity index is 343. The molecule has 1 aromatic rings. The summed E-state index contributed by atoms with van der Waals surface area (Å²) in [6.45, 7) is 4.13. The summed E-state index contributed by atoms with van der Waals surface area (Å²) in [6, 6.07) is 3.73. The topological polar surface area (TPSA) is 34.1 Å². The second kappa shape index (κ2) is 6.21. The summed E-state index contributed by atoms with van der Waals surface area (Å²) in [6.07, 6.45) is 5.43. The Morgan fingerprint density at radius 2 is 1.25 bits per heavy atom. The molecular formula is C14H18O2. The highest BCUT2D eigenvalue weighted by atomic mass is 16.1. The zero-order valence-electron chi connectivity index (χ0n) is 9.95. The van der Waals surface area contributed by atoms with Crippen LogP contribution in [0.3, 0.4) is 0 Å². The lowest BCUT2D eigenvalue weighted by molar-refractivity contribution is 0.111. The van der Waals surface area contributed by atoms with Crippen LogP contribution < -0.4 is 0 Å². The Hall–Kier alpha value is -1.44. The molecule has 0 heterocycles. The fraction of sp³-hybridized carbons (Fsp3) is 0.429. The largest absolute Gasteiger partial charge is 0.298 e. The summed E-state index contributed by atoms with van der Waals surface area (Å²) in [4.78, 5) is 21.9. The van der Waals surface area contributed by atoms with Crippen molar-refractivity contribution in [3.8, 4) is 0 Å². The lowest BCUT2D eigenvalue weighted by atomic mass is 9.95. The summed E-state index contributed by atoms with van der Waals surface area (Å²) in [5.74, 6) is 0. The number of benzene rings is 1. The zero-order valence-corrected chi connectivity index (χ0v) is 9.95. The molecule has 0 aliphatic heterocycles. The van der Waals surface area contributed by atoms with Gasteiger partial charge in [-0.15, -0.1) is 0 Å². The van der Waals surface area contributed by atoms with Crippen LogP contribution in [0.4, 0.5) is 0 Å². The van der Waals surface area contributed by atoms with E-state index in [9.17, 15) is 9.59 Å². The van der Waals surface area contributed by atoms with Crippen LogP contribution in [0.25, 0.3) is 0 Å². The van der Waals surface area contributed by atoms with E-state index < -0.39 is 0 Å². The van der Waals surface area contributed by atoms with Gasteiger partial charge in [-0.25, -0.2) is 0 Å². The molecule has 0 saturated carbocycles. The maximum atomic E-state index is 11.0. The van der Waals surface area contributed by atoms with Crippen LogP contribution in [0.2, 0.25) is 0 Å². The van der Waals surface area contributed by atoms with Crippen molar-refractivity contribution in [2.24, 2.45) is 0 Å². The number of rotatable bonds is 6. The Labute approximate surface area is 96.7 Å². The van der Waals surface area contributed by atoms with Crippen molar-refractivity contribution in [3.63, 3.8) is 0 Å². The van der Waals surface area contributed by atoms with Gasteiger partial charge in [0.15, 0.2) is 0 Å². The Morgan fingerprint density at radius 1 is 0.875 bits per heavy atom. The minimum absolute atomic E-state index is 0.732. The van der Waals surface area contributed by atoms with Crippen molar-refractivity contribution in [1.82, 2.24) is 0 Å². The molecule has 0 amide bonds. The van der Waals surface area contributed by atoms with Gasteiger partial charge in [0.25, 0.3) is 0 Å². The first kappa shape index (κ1) is 12.6. The number of carbonyl (C=O) groups is 2. The summed E-state index contributed by atoms with van der Waals surface area (Å²) >= 11 is 0. The minimum Gasteiger partial charge on any atom is -0.298 e. The van der Waals surface area contributed by atoms with Gasteiger partial charge in [-0.3, -0.25) is 9.59 Å². The first-order chi connectivity index (χ1) is 7.76. The molecule has 0 radical (unpaired) electrons. The molecule has 0 unspecified atom stereocenters. The van der Waals surface area contributed by atoms with E-state index in [-0.39, 0.29) is 0 Å². The molecule has 0 fully saturated rings. The van der Waals surface area contributed by atoms with Crippen molar-refractivity contribution in [3.05, 3.63) is 34.4 Å². The van der Waals surface area contributed by atoms with E-state index in [1.54, 1.807) is 0 Å². The maximum absolute atomic E-state index is 11.0. The monoisotopic (exact) mass is 218 g/mol. The van der Waals surface area contributed by atoms with Gasteiger partial charge in [-0.05, 0) is 36.1 Å². The summed E-state index contributed by atoms with van der Waals surface area (Å²) in [5, 5.41) is 0. The molecule has 0 atom stereocenters. The second-order valence-electron chi connectivity index (χ2n) is 3.99. The van der Waals surface area contributed by atoms with E-state index in [1.807, 2.05) is 12.1 Å². The van der Waals surface area contributed by atoms with Gasteiger partial charge in [-0.1, -0.05) is 26.7 Å². The third-order valence-electron chi connectivity index (χ3n) is 2.69. The summed E-state index contributed by atoms with van der Waals surface area (Å²) < 4.78 is 0. The van der Waals surface area contributed by atoms with Crippen LogP contribution in [0.5, 0.6) is 0 Å². The van der Waals surface area contributed by atoms with Crippen LogP contribution in [0.1, 0.15) is 58.5 Å². The molecule has 1 rings (SSSR count). The van der Waals surface area contributed by atoms with Crippen molar-refractivity contribution in [2.45, 2.75) is 39.5 Å². The molecule has 86 valence electrons. The average Bonchev–Trinajstić information content (AvgIpc) is 2.31. The first-order valence-corrected chi connectivity index (χ1v) is 5.82. The molecule has 0 spiro atoms. The van der Waals surface area contributed by atoms with Gasteiger partial charge in [0.1, 0.15) is 12.6 Å². The normalized spacial score (nSPS) is 10.1. The molecule has 0 bridgehead atoms. The highest BCUT2D eigenvalue weighted by Gasteiger charge is 2.08. The molecule has 16 heavy (non-hydrogen) atoms. The highest BCUT2D eigenvalue weighted by Crippen LogP contribution is 2.18. The van der Waals surface area contributed by atoms with Crippen molar-refractivity contribution < 1.29 is 9.59 Å². The predicted molar refractivity (Wildman–Crippen MR) is 65.2 cm³/mol. The fourth-order valence-corrected chi connectivity index (χ4v) is 1.92. The maximum Gasteiger partial charge on any atom is 0.150 e. The van der Waals surface area contributed by atoms with Crippen LogP contribution in [0.15, 0.2) is 12.1 Å². The second-order valence-corrected chi connectivity index (χ2v) is 3.99. The summed E-state index contributed by atoms with van der Waals surface area (Å²) in [7, 11) is 0. The van der Waals surface area contributed by atoms with Crippen LogP contribution in [-0.2, 0) is 12.8 Å². The van der Waals surface area contributed by atoms with Crippen molar-refractivity contribution in [1.29, 1.82) is 0 Å². The molecule has 0 aliphatic rings. The smallest absolute Gasteiger partial charge is 0.150 e. The Balaban J connectivity index is 3.21. The SMILES string of the molecule is CCCc1cc(C=O)c(CCC)cc1C=O. The molecular weight excluding hydrogens is 200 g/mol. The van der Waals surface area contributed by atoms with Crippen LogP contribution >= 0.6 is 0 Å². The number of hydrogen-bond donors (Lipinski definition) is 0. The zero-order chi connectivity index (χ0) is 12.0. The van der Waals surface area contributed by atoms with Crippen LogP contribution in [0, 0.1) is 0 Å². The third kappa shape index (κ3) is 2.78. The molecule has 0 aliphatic carbocycles. The van der Waals surface area contributed by atoms with Crippen LogP contribution in [-0.4, -0.2) is 12.6 Å². The lowest BCUT2D eigenvalue weighted by Crippen LogP contribution is -2.00. The average molecular weight is 218 g/mol. The van der Waals surface area contributed by atoms with Gasteiger partial charge < -0.3 is 0 Å². The minimum atomic E-state index is 0.732. The third-order valence-corrected chi connectivity index (χ3v) is 2.69. The lowest BCUT2D eigenvalue weighted by Gasteiger charge is -2.09. The van der Waals surface area contributed by atoms with E-state index in [1.165, 1.54) is 0 Å². The van der Waals surface area contributed by atoms with Gasteiger partial charge in [-0.2, -0.15) is 0 Å². The van der Waals surface area contributed by atoms with Gasteiger partial charge >= 0.3 is 0 Å². The number of aryl methyl sites for hydroxylation is 2. The molecule has 2 heteroatoms. The van der Waals surface area contributed by atoms with E-state index in [0.29, 0.717) is 0 Å². The van der Waals surface area contributed by atoms with E-state index in [0.717, 1.165) is 60.5 Å². The van der Waals surface area contributed by atoms with E-state index >= 15 is 0 Å². The van der Waals surface area contributed by atoms with Crippen molar-refractivity contribution in [2.75, 3.05) is 0 Å². The Morgan fingerprint density at radius 3 is 1.50 bits per heavy atom. The van der Waals surface area contributed by atoms with E-state index in [4.69, 9.17) is 0 Å². The van der Waals surface area contributed by atoms with E-state index in [2.05, 4.69) is 13.8 Å². The van der Waals surface area contributed by atoms with Gasteiger partial charge in [0.2, 0.25) is 0 Å². The van der Waals surface area contributed by atoms with Gasteiger partial charge in [0, 0.05) is 11.1 Å². The number of aldehydes is 2. The first-order valence-electron chi connectivity index (χ1n) is 5.82. The predicted octanol–water partition coefficient (Wildman–Crippen LogP) is 3.22. The summed E-state index contributed by atoms with van der Waals surface area (Å²) in [5.41, 5.74) is 3.44. The quantitative estimate of drug-likeness (QED) is 0.687. The highest BCUT2D eigenvalue weighted by molar-refractivity contribution is 5.83. The van der Waals surface area contributed by atoms with Crippen molar-refractivity contribution >= 4 is 12.6 Å². The number of carbonyl (C=O) groups excluding carboxylic acids is 2. The molecule has 2 nitrogen and oxygen atoms in total. The fourth-order valence-electron chi connectivity index (χ4n) is 1.92. The van der Waals surface area contributed by atoms with Gasteiger partial charge in [0.05, 0.1) is 0 Å². The molecule has 0 aromatic heterocycles. The molecule has 0 saturated heterocycles.